The highest BCUT2D eigenvalue weighted by atomic mass is 19.1. The van der Waals surface area contributed by atoms with Crippen LogP contribution in [-0.4, -0.2) is 10.9 Å². The molecule has 6 heteroatoms. The topological polar surface area (TPSA) is 65.8 Å². The van der Waals surface area contributed by atoms with Gasteiger partial charge in [-0.3, -0.25) is 4.79 Å². The van der Waals surface area contributed by atoms with Crippen molar-refractivity contribution < 1.29 is 13.6 Å². The van der Waals surface area contributed by atoms with Gasteiger partial charge in [-0.05, 0) is 24.3 Å². The summed E-state index contributed by atoms with van der Waals surface area (Å²) in [6.07, 6.45) is 1.14. The number of hydrogen-bond acceptors (Lipinski definition) is 3. The quantitative estimate of drug-likeness (QED) is 0.842. The Morgan fingerprint density at radius 1 is 1.26 bits per heavy atom. The molecular formula is C13H7F2N3O. The number of benzene rings is 1. The Balaban J connectivity index is 2.22. The highest BCUT2D eigenvalue weighted by Gasteiger charge is 2.10. The zero-order valence-electron chi connectivity index (χ0n) is 9.52. The van der Waals surface area contributed by atoms with Gasteiger partial charge in [0.2, 0.25) is 5.95 Å². The molecule has 0 saturated heterocycles. The second-order valence-electron chi connectivity index (χ2n) is 3.63. The number of nitrogens with zero attached hydrogens (tertiary/aromatic N) is 2. The van der Waals surface area contributed by atoms with Crippen molar-refractivity contribution in [1.29, 1.82) is 5.26 Å². The molecule has 2 rings (SSSR count). The number of nitrogens with one attached hydrogen (secondary N) is 1. The van der Waals surface area contributed by atoms with Crippen molar-refractivity contribution >= 4 is 11.6 Å². The minimum absolute atomic E-state index is 0.0243. The molecule has 0 unspecified atom stereocenters. The van der Waals surface area contributed by atoms with Crippen LogP contribution < -0.4 is 5.32 Å². The second-order valence-corrected chi connectivity index (χ2v) is 3.63. The van der Waals surface area contributed by atoms with E-state index in [1.54, 1.807) is 6.07 Å². The number of hydrogen-bond donors (Lipinski definition) is 1. The molecule has 0 radical (unpaired) electrons. The highest BCUT2D eigenvalue weighted by molar-refractivity contribution is 6.04. The number of nitriles is 1. The van der Waals surface area contributed by atoms with Crippen LogP contribution in [0.1, 0.15) is 15.9 Å². The van der Waals surface area contributed by atoms with Crippen LogP contribution >= 0.6 is 0 Å². The first kappa shape index (κ1) is 12.6. The van der Waals surface area contributed by atoms with Crippen LogP contribution in [0.2, 0.25) is 0 Å². The first-order valence-corrected chi connectivity index (χ1v) is 5.22. The molecule has 0 fully saturated rings. The molecule has 94 valence electrons. The summed E-state index contributed by atoms with van der Waals surface area (Å²) in [6.45, 7) is 0. The van der Waals surface area contributed by atoms with Crippen molar-refractivity contribution in [2.24, 2.45) is 0 Å². The molecule has 4 nitrogen and oxygen atoms in total. The third-order valence-corrected chi connectivity index (χ3v) is 2.34. The molecule has 19 heavy (non-hydrogen) atoms. The molecule has 1 aromatic carbocycles. The summed E-state index contributed by atoms with van der Waals surface area (Å²) in [7, 11) is 0. The number of carbonyl (C=O) groups excluding carboxylic acids is 1. The fourth-order valence-corrected chi connectivity index (χ4v) is 1.42. The Hall–Kier alpha value is -2.81. The fourth-order valence-electron chi connectivity index (χ4n) is 1.42. The Kier molecular flexibility index (Phi) is 3.48. The fraction of sp³-hybridized carbons (Fsp3) is 0. The number of halogens is 2. The van der Waals surface area contributed by atoms with Crippen molar-refractivity contribution in [1.82, 2.24) is 4.98 Å². The molecule has 0 saturated carbocycles. The van der Waals surface area contributed by atoms with Gasteiger partial charge in [-0.1, -0.05) is 0 Å². The lowest BCUT2D eigenvalue weighted by Gasteiger charge is -2.06. The summed E-state index contributed by atoms with van der Waals surface area (Å²) >= 11 is 0. The van der Waals surface area contributed by atoms with Gasteiger partial charge in [-0.15, -0.1) is 0 Å². The third kappa shape index (κ3) is 2.90. The number of carbonyl (C=O) groups is 1. The lowest BCUT2D eigenvalue weighted by Crippen LogP contribution is -2.13. The molecule has 0 aliphatic carbocycles. The van der Waals surface area contributed by atoms with Crippen molar-refractivity contribution in [2.45, 2.75) is 0 Å². The summed E-state index contributed by atoms with van der Waals surface area (Å²) in [5, 5.41) is 10.9. The molecule has 1 aromatic heterocycles. The Morgan fingerprint density at radius 3 is 2.68 bits per heavy atom. The van der Waals surface area contributed by atoms with E-state index in [4.69, 9.17) is 5.26 Å². The maximum Gasteiger partial charge on any atom is 0.255 e. The summed E-state index contributed by atoms with van der Waals surface area (Å²) in [5.74, 6) is -2.19. The largest absolute Gasteiger partial charge is 0.319 e. The Labute approximate surface area is 107 Å². The second kappa shape index (κ2) is 5.23. The number of pyridine rings is 1. The highest BCUT2D eigenvalue weighted by Crippen LogP contribution is 2.16. The molecule has 1 amide bonds. The van der Waals surface area contributed by atoms with E-state index in [9.17, 15) is 13.6 Å². The van der Waals surface area contributed by atoms with Crippen molar-refractivity contribution in [3.05, 3.63) is 59.4 Å². The maximum absolute atomic E-state index is 13.5. The average Bonchev–Trinajstić information content (AvgIpc) is 2.41. The SMILES string of the molecule is N#Cc1ccc(NC(=O)c2ccnc(F)c2)c(F)c1. The van der Waals surface area contributed by atoms with Crippen LogP contribution in [-0.2, 0) is 0 Å². The molecule has 0 atom stereocenters. The summed E-state index contributed by atoms with van der Waals surface area (Å²) in [4.78, 5) is 15.0. The van der Waals surface area contributed by atoms with Gasteiger partial charge in [0.05, 0.1) is 17.3 Å². The van der Waals surface area contributed by atoms with E-state index in [1.165, 1.54) is 18.2 Å². The van der Waals surface area contributed by atoms with E-state index in [0.29, 0.717) is 0 Å². The van der Waals surface area contributed by atoms with Crippen LogP contribution in [0, 0.1) is 23.1 Å². The van der Waals surface area contributed by atoms with E-state index < -0.39 is 17.7 Å². The standard InChI is InChI=1S/C13H7F2N3O/c14-10-5-8(7-16)1-2-11(10)18-13(19)9-3-4-17-12(15)6-9/h1-6H,(H,18,19). The van der Waals surface area contributed by atoms with Crippen molar-refractivity contribution in [3.8, 4) is 6.07 Å². The summed E-state index contributed by atoms with van der Waals surface area (Å²) < 4.78 is 26.4. The number of rotatable bonds is 2. The van der Waals surface area contributed by atoms with Gasteiger partial charge < -0.3 is 5.32 Å². The Morgan fingerprint density at radius 2 is 2.05 bits per heavy atom. The third-order valence-electron chi connectivity index (χ3n) is 2.34. The summed E-state index contributed by atoms with van der Waals surface area (Å²) in [5.41, 5.74) is 0.0861. The minimum Gasteiger partial charge on any atom is -0.319 e. The van der Waals surface area contributed by atoms with Crippen LogP contribution in [0.4, 0.5) is 14.5 Å². The normalized spacial score (nSPS) is 9.74. The van der Waals surface area contributed by atoms with Gasteiger partial charge >= 0.3 is 0 Å². The molecule has 0 aliphatic rings. The zero-order chi connectivity index (χ0) is 13.8. The Bertz CT molecular complexity index is 680. The predicted octanol–water partition coefficient (Wildman–Crippen LogP) is 2.48. The van der Waals surface area contributed by atoms with Gasteiger partial charge in [0.25, 0.3) is 5.91 Å². The molecule has 1 N–H and O–H groups in total. The van der Waals surface area contributed by atoms with E-state index in [-0.39, 0.29) is 16.8 Å². The first-order valence-electron chi connectivity index (χ1n) is 5.22. The summed E-state index contributed by atoms with van der Waals surface area (Å²) in [6, 6.07) is 7.66. The van der Waals surface area contributed by atoms with Crippen LogP contribution in [0.5, 0.6) is 0 Å². The van der Waals surface area contributed by atoms with Crippen molar-refractivity contribution in [3.63, 3.8) is 0 Å². The van der Waals surface area contributed by atoms with Crippen molar-refractivity contribution in [2.75, 3.05) is 5.32 Å². The van der Waals surface area contributed by atoms with Gasteiger partial charge in [0, 0.05) is 17.8 Å². The van der Waals surface area contributed by atoms with Crippen LogP contribution in [0.15, 0.2) is 36.5 Å². The molecule has 1 heterocycles. The minimum atomic E-state index is -0.798. The van der Waals surface area contributed by atoms with E-state index in [2.05, 4.69) is 10.3 Å². The van der Waals surface area contributed by atoms with Gasteiger partial charge in [-0.25, -0.2) is 9.37 Å². The smallest absolute Gasteiger partial charge is 0.255 e. The molecule has 0 aliphatic heterocycles. The monoisotopic (exact) mass is 259 g/mol. The van der Waals surface area contributed by atoms with Gasteiger partial charge in [-0.2, -0.15) is 9.65 Å². The van der Waals surface area contributed by atoms with Gasteiger partial charge in [0.1, 0.15) is 5.82 Å². The zero-order valence-corrected chi connectivity index (χ0v) is 9.52. The maximum atomic E-state index is 13.5. The number of amides is 1. The van der Waals surface area contributed by atoms with Crippen LogP contribution in [0.25, 0.3) is 0 Å². The molecule has 2 aromatic rings. The first-order chi connectivity index (χ1) is 9.10. The molecule has 0 bridgehead atoms. The van der Waals surface area contributed by atoms with Gasteiger partial charge in [0.15, 0.2) is 0 Å². The number of aromatic nitrogens is 1. The molecular weight excluding hydrogens is 252 g/mol. The average molecular weight is 259 g/mol. The predicted molar refractivity (Wildman–Crippen MR) is 63.3 cm³/mol. The molecule has 0 spiro atoms. The lowest BCUT2D eigenvalue weighted by molar-refractivity contribution is 0.102. The van der Waals surface area contributed by atoms with E-state index in [0.717, 1.165) is 18.3 Å². The van der Waals surface area contributed by atoms with E-state index in [1.807, 2.05) is 0 Å². The van der Waals surface area contributed by atoms with E-state index >= 15 is 0 Å². The number of anilines is 1. The van der Waals surface area contributed by atoms with Crippen LogP contribution in [0.3, 0.4) is 0 Å². The lowest BCUT2D eigenvalue weighted by atomic mass is 10.2.